The molecule has 2 nitrogen and oxygen atoms in total. The molecule has 0 aliphatic heterocycles. The summed E-state index contributed by atoms with van der Waals surface area (Å²) in [4.78, 5) is 13.3. The molecule has 0 amide bonds. The van der Waals surface area contributed by atoms with E-state index in [9.17, 15) is 4.79 Å². The lowest BCUT2D eigenvalue weighted by Gasteiger charge is -1.85. The van der Waals surface area contributed by atoms with Crippen molar-refractivity contribution >= 4 is 28.9 Å². The van der Waals surface area contributed by atoms with Gasteiger partial charge in [0.2, 0.25) is 0 Å². The van der Waals surface area contributed by atoms with Crippen molar-refractivity contribution in [2.75, 3.05) is 0 Å². The van der Waals surface area contributed by atoms with Gasteiger partial charge >= 0.3 is 0 Å². The summed E-state index contributed by atoms with van der Waals surface area (Å²) in [6.07, 6.45) is 0.852. The van der Waals surface area contributed by atoms with E-state index in [1.165, 1.54) is 0 Å². The lowest BCUT2D eigenvalue weighted by molar-refractivity contribution is 0.111. The minimum absolute atomic E-state index is 0.696. The van der Waals surface area contributed by atoms with Crippen molar-refractivity contribution in [2.45, 2.75) is 13.8 Å². The molecule has 0 atom stereocenters. The number of carbonyl (C=O) groups excluding carboxylic acids is 1. The van der Waals surface area contributed by atoms with Crippen molar-refractivity contribution in [1.82, 2.24) is 4.98 Å². The van der Waals surface area contributed by atoms with E-state index in [0.717, 1.165) is 21.1 Å². The molecular formula is C7H8INO. The van der Waals surface area contributed by atoms with Gasteiger partial charge in [0.1, 0.15) is 0 Å². The van der Waals surface area contributed by atoms with E-state index < -0.39 is 0 Å². The Balaban J connectivity index is 3.30. The Labute approximate surface area is 73.2 Å². The second kappa shape index (κ2) is 2.74. The molecule has 0 bridgehead atoms. The summed E-state index contributed by atoms with van der Waals surface area (Å²) in [5.41, 5.74) is 2.82. The van der Waals surface area contributed by atoms with Gasteiger partial charge in [0, 0.05) is 9.26 Å². The quantitative estimate of drug-likeness (QED) is 0.599. The fourth-order valence-corrected chi connectivity index (χ4v) is 1.29. The topological polar surface area (TPSA) is 32.9 Å². The van der Waals surface area contributed by atoms with Crippen LogP contribution in [0, 0.1) is 17.4 Å². The Morgan fingerprint density at radius 1 is 1.50 bits per heavy atom. The number of rotatable bonds is 1. The maximum atomic E-state index is 10.4. The Kier molecular flexibility index (Phi) is 2.13. The first-order valence-corrected chi connectivity index (χ1v) is 4.04. The number of aldehydes is 1. The van der Waals surface area contributed by atoms with E-state index in [2.05, 4.69) is 27.6 Å². The van der Waals surface area contributed by atoms with E-state index in [1.807, 2.05) is 13.8 Å². The zero-order chi connectivity index (χ0) is 7.72. The largest absolute Gasteiger partial charge is 0.355 e. The standard InChI is InChI=1S/C7H8INO/c1-4-6(3-10)9-5(2)7(4)8/h3,9H,1-2H3. The highest BCUT2D eigenvalue weighted by Gasteiger charge is 2.06. The third kappa shape index (κ3) is 1.10. The van der Waals surface area contributed by atoms with Gasteiger partial charge in [-0.1, -0.05) is 0 Å². The van der Waals surface area contributed by atoms with Gasteiger partial charge in [-0.25, -0.2) is 0 Å². The van der Waals surface area contributed by atoms with Crippen LogP contribution in [0.2, 0.25) is 0 Å². The van der Waals surface area contributed by atoms with E-state index in [1.54, 1.807) is 0 Å². The number of nitrogens with one attached hydrogen (secondary N) is 1. The van der Waals surface area contributed by atoms with Crippen molar-refractivity contribution < 1.29 is 4.79 Å². The highest BCUT2D eigenvalue weighted by molar-refractivity contribution is 14.1. The highest BCUT2D eigenvalue weighted by Crippen LogP contribution is 2.17. The van der Waals surface area contributed by atoms with Crippen LogP contribution in [0.15, 0.2) is 0 Å². The predicted octanol–water partition coefficient (Wildman–Crippen LogP) is 2.05. The molecule has 0 aliphatic carbocycles. The van der Waals surface area contributed by atoms with Gasteiger partial charge in [-0.2, -0.15) is 0 Å². The minimum atomic E-state index is 0.696. The van der Waals surface area contributed by atoms with Crippen LogP contribution in [0.1, 0.15) is 21.7 Å². The molecule has 1 N–H and O–H groups in total. The predicted molar refractivity (Wildman–Crippen MR) is 48.4 cm³/mol. The van der Waals surface area contributed by atoms with Gasteiger partial charge < -0.3 is 4.98 Å². The van der Waals surface area contributed by atoms with Crippen LogP contribution in [0.4, 0.5) is 0 Å². The molecule has 1 aromatic rings. The highest BCUT2D eigenvalue weighted by atomic mass is 127. The summed E-state index contributed by atoms with van der Waals surface area (Å²) >= 11 is 2.22. The van der Waals surface area contributed by atoms with Crippen molar-refractivity contribution in [3.8, 4) is 0 Å². The van der Waals surface area contributed by atoms with E-state index >= 15 is 0 Å². The number of aryl methyl sites for hydroxylation is 1. The van der Waals surface area contributed by atoms with Crippen LogP contribution >= 0.6 is 22.6 Å². The number of H-pyrrole nitrogens is 1. The summed E-state index contributed by atoms with van der Waals surface area (Å²) in [7, 11) is 0. The van der Waals surface area contributed by atoms with Crippen LogP contribution < -0.4 is 0 Å². The zero-order valence-corrected chi connectivity index (χ0v) is 8.02. The Morgan fingerprint density at radius 3 is 2.30 bits per heavy atom. The van der Waals surface area contributed by atoms with Crippen LogP contribution in [-0.4, -0.2) is 11.3 Å². The SMILES string of the molecule is Cc1[nH]c(C=O)c(C)c1I. The lowest BCUT2D eigenvalue weighted by Crippen LogP contribution is -1.81. The Bertz CT molecular complexity index is 265. The second-order valence-corrected chi connectivity index (χ2v) is 3.30. The summed E-state index contributed by atoms with van der Waals surface area (Å²) < 4.78 is 1.15. The molecule has 1 heterocycles. The number of hydrogen-bond acceptors (Lipinski definition) is 1. The molecule has 0 aliphatic rings. The van der Waals surface area contributed by atoms with Crippen LogP contribution in [0.25, 0.3) is 0 Å². The van der Waals surface area contributed by atoms with E-state index in [0.29, 0.717) is 5.69 Å². The Morgan fingerprint density at radius 2 is 2.10 bits per heavy atom. The second-order valence-electron chi connectivity index (χ2n) is 2.22. The van der Waals surface area contributed by atoms with Gasteiger partial charge in [0.25, 0.3) is 0 Å². The fraction of sp³-hybridized carbons (Fsp3) is 0.286. The van der Waals surface area contributed by atoms with Crippen molar-refractivity contribution in [3.05, 3.63) is 20.5 Å². The Hall–Kier alpha value is -0.320. The summed E-state index contributed by atoms with van der Waals surface area (Å²) in [6.45, 7) is 3.90. The molecular weight excluding hydrogens is 241 g/mol. The maximum absolute atomic E-state index is 10.4. The summed E-state index contributed by atoms with van der Waals surface area (Å²) in [5, 5.41) is 0. The molecule has 0 spiro atoms. The molecule has 54 valence electrons. The van der Waals surface area contributed by atoms with E-state index in [4.69, 9.17) is 0 Å². The molecule has 0 saturated carbocycles. The third-order valence-electron chi connectivity index (χ3n) is 1.50. The molecule has 1 rings (SSSR count). The smallest absolute Gasteiger partial charge is 0.166 e. The van der Waals surface area contributed by atoms with Crippen molar-refractivity contribution in [2.24, 2.45) is 0 Å². The first kappa shape index (κ1) is 7.78. The van der Waals surface area contributed by atoms with Gasteiger partial charge in [-0.3, -0.25) is 4.79 Å². The number of halogens is 1. The summed E-state index contributed by atoms with van der Waals surface area (Å²) in [6, 6.07) is 0. The first-order valence-electron chi connectivity index (χ1n) is 2.96. The number of aromatic nitrogens is 1. The maximum Gasteiger partial charge on any atom is 0.166 e. The molecule has 0 saturated heterocycles. The van der Waals surface area contributed by atoms with Gasteiger partial charge in [-0.15, -0.1) is 0 Å². The fourth-order valence-electron chi connectivity index (χ4n) is 0.868. The third-order valence-corrected chi connectivity index (χ3v) is 3.12. The van der Waals surface area contributed by atoms with E-state index in [-0.39, 0.29) is 0 Å². The average Bonchev–Trinajstić information content (AvgIpc) is 2.17. The zero-order valence-electron chi connectivity index (χ0n) is 5.86. The van der Waals surface area contributed by atoms with Crippen molar-refractivity contribution in [1.29, 1.82) is 0 Å². The van der Waals surface area contributed by atoms with Crippen LogP contribution in [-0.2, 0) is 0 Å². The lowest BCUT2D eigenvalue weighted by atomic mass is 10.3. The molecule has 3 heteroatoms. The minimum Gasteiger partial charge on any atom is -0.355 e. The number of aromatic amines is 1. The van der Waals surface area contributed by atoms with Crippen molar-refractivity contribution in [3.63, 3.8) is 0 Å². The monoisotopic (exact) mass is 249 g/mol. The van der Waals surface area contributed by atoms with Crippen LogP contribution in [0.5, 0.6) is 0 Å². The molecule has 10 heavy (non-hydrogen) atoms. The van der Waals surface area contributed by atoms with Gasteiger partial charge in [-0.05, 0) is 42.0 Å². The molecule has 0 radical (unpaired) electrons. The normalized spacial score (nSPS) is 9.90. The number of hydrogen-bond donors (Lipinski definition) is 1. The van der Waals surface area contributed by atoms with Gasteiger partial charge in [0.05, 0.1) is 5.69 Å². The number of carbonyl (C=O) groups is 1. The average molecular weight is 249 g/mol. The first-order chi connectivity index (χ1) is 4.66. The molecule has 0 unspecified atom stereocenters. The van der Waals surface area contributed by atoms with Crippen LogP contribution in [0.3, 0.4) is 0 Å². The molecule has 0 aromatic carbocycles. The molecule has 0 fully saturated rings. The summed E-state index contributed by atoms with van der Waals surface area (Å²) in [5.74, 6) is 0. The molecule has 1 aromatic heterocycles. The van der Waals surface area contributed by atoms with Gasteiger partial charge in [0.15, 0.2) is 6.29 Å².